The van der Waals surface area contributed by atoms with Crippen molar-refractivity contribution in [1.82, 2.24) is 10.6 Å². The number of ether oxygens (including phenoxy) is 3. The summed E-state index contributed by atoms with van der Waals surface area (Å²) in [4.78, 5) is 38.1. The number of benzene rings is 1. The maximum absolute atomic E-state index is 12.8. The predicted molar refractivity (Wildman–Crippen MR) is 184 cm³/mol. The fourth-order valence-corrected chi connectivity index (χ4v) is 5.22. The highest BCUT2D eigenvalue weighted by molar-refractivity contribution is 5.82. The van der Waals surface area contributed by atoms with Gasteiger partial charge in [-0.05, 0) is 57.9 Å². The Morgan fingerprint density at radius 2 is 1.54 bits per heavy atom. The molecule has 1 aliphatic heterocycles. The van der Waals surface area contributed by atoms with E-state index in [1.54, 1.807) is 13.8 Å². The lowest BCUT2D eigenvalue weighted by Gasteiger charge is -2.44. The van der Waals surface area contributed by atoms with Crippen LogP contribution in [0, 0.1) is 5.41 Å². The summed E-state index contributed by atoms with van der Waals surface area (Å²) < 4.78 is 17.1. The van der Waals surface area contributed by atoms with E-state index in [1.165, 1.54) is 38.5 Å². The molecule has 1 aromatic rings. The molecule has 2 N–H and O–H groups in total. The molecule has 2 rings (SSSR count). The third-order valence-corrected chi connectivity index (χ3v) is 8.07. The highest BCUT2D eigenvalue weighted by Crippen LogP contribution is 2.34. The van der Waals surface area contributed by atoms with Crippen LogP contribution in [0.4, 0.5) is 0 Å². The van der Waals surface area contributed by atoms with E-state index in [1.807, 2.05) is 44.2 Å². The van der Waals surface area contributed by atoms with Gasteiger partial charge in [-0.15, -0.1) is 0 Å². The number of esters is 1. The quantitative estimate of drug-likeness (QED) is 0.0759. The number of allylic oxidation sites excluding steroid dienone is 4. The summed E-state index contributed by atoms with van der Waals surface area (Å²) in [6, 6.07) is 9.08. The Hall–Kier alpha value is -2.97. The minimum atomic E-state index is -0.852. The minimum absolute atomic E-state index is 0.0141. The van der Waals surface area contributed by atoms with Crippen molar-refractivity contribution in [1.29, 1.82) is 0 Å². The highest BCUT2D eigenvalue weighted by Gasteiger charge is 2.45. The number of unbranched alkanes of at least 4 members (excludes halogenated alkanes) is 8. The molecule has 2 atom stereocenters. The Balaban J connectivity index is 1.65. The van der Waals surface area contributed by atoms with Crippen LogP contribution in [0.2, 0.25) is 0 Å². The first-order chi connectivity index (χ1) is 22.0. The van der Waals surface area contributed by atoms with Crippen molar-refractivity contribution in [2.45, 2.75) is 136 Å². The van der Waals surface area contributed by atoms with E-state index in [9.17, 15) is 14.4 Å². The van der Waals surface area contributed by atoms with Gasteiger partial charge in [0.05, 0.1) is 19.1 Å². The predicted octanol–water partition coefficient (Wildman–Crippen LogP) is 7.88. The maximum atomic E-state index is 12.8. The summed E-state index contributed by atoms with van der Waals surface area (Å²) in [6.07, 6.45) is 21.3. The van der Waals surface area contributed by atoms with Crippen LogP contribution in [0.15, 0.2) is 54.6 Å². The van der Waals surface area contributed by atoms with Gasteiger partial charge in [0.15, 0.2) is 5.79 Å². The van der Waals surface area contributed by atoms with Crippen LogP contribution >= 0.6 is 0 Å². The lowest BCUT2D eigenvalue weighted by Crippen LogP contribution is -2.56. The van der Waals surface area contributed by atoms with Gasteiger partial charge in [-0.2, -0.15) is 0 Å². The summed E-state index contributed by atoms with van der Waals surface area (Å²) in [5, 5.41) is 5.84. The summed E-state index contributed by atoms with van der Waals surface area (Å²) in [5.74, 6) is -1.63. The Kier molecular flexibility index (Phi) is 18.5. The molecule has 0 bridgehead atoms. The van der Waals surface area contributed by atoms with Gasteiger partial charge in [0.25, 0.3) is 0 Å². The van der Waals surface area contributed by atoms with Crippen molar-refractivity contribution >= 4 is 17.8 Å². The SMILES string of the molecule is CCCCC/C=C\C/C=C\CCCCCCCC(=O)NC(COC(=O)CCNC(=O)C1OC(C)(C)OCC1(C)C)c1ccccc1. The average molecular weight is 641 g/mol. The van der Waals surface area contributed by atoms with Crippen molar-refractivity contribution in [3.05, 3.63) is 60.2 Å². The van der Waals surface area contributed by atoms with Gasteiger partial charge in [0, 0.05) is 18.4 Å². The molecule has 258 valence electrons. The molecule has 0 spiro atoms. The first kappa shape index (κ1) is 39.2. The smallest absolute Gasteiger partial charge is 0.307 e. The summed E-state index contributed by atoms with van der Waals surface area (Å²) in [7, 11) is 0. The van der Waals surface area contributed by atoms with Gasteiger partial charge in [-0.3, -0.25) is 14.4 Å². The largest absolute Gasteiger partial charge is 0.463 e. The van der Waals surface area contributed by atoms with Gasteiger partial charge in [0.2, 0.25) is 11.8 Å². The normalized spacial score (nSPS) is 18.0. The number of carbonyl (C=O) groups excluding carboxylic acids is 3. The van der Waals surface area contributed by atoms with E-state index < -0.39 is 29.3 Å². The van der Waals surface area contributed by atoms with E-state index in [0.29, 0.717) is 13.0 Å². The van der Waals surface area contributed by atoms with Crippen molar-refractivity contribution < 1.29 is 28.6 Å². The Labute approximate surface area is 278 Å². The number of nitrogens with one attached hydrogen (secondary N) is 2. The lowest BCUT2D eigenvalue weighted by molar-refractivity contribution is -0.304. The minimum Gasteiger partial charge on any atom is -0.463 e. The van der Waals surface area contributed by atoms with E-state index in [-0.39, 0.29) is 31.4 Å². The van der Waals surface area contributed by atoms with E-state index in [2.05, 4.69) is 41.9 Å². The van der Waals surface area contributed by atoms with E-state index in [4.69, 9.17) is 14.2 Å². The maximum Gasteiger partial charge on any atom is 0.307 e. The molecular formula is C38H60N2O6. The molecule has 2 amide bonds. The van der Waals surface area contributed by atoms with E-state index in [0.717, 1.165) is 37.7 Å². The second-order valence-electron chi connectivity index (χ2n) is 13.4. The Bertz CT molecular complexity index is 1080. The highest BCUT2D eigenvalue weighted by atomic mass is 16.7. The standard InChI is InChI=1S/C38H60N2O6/c1-6-7-8-9-10-11-12-13-14-15-16-17-18-19-23-26-33(41)40-32(31-24-21-20-22-25-31)29-44-34(42)27-28-39-36(43)35-37(2,3)30-45-38(4,5)46-35/h10-11,13-14,20-22,24-25,32,35H,6-9,12,15-19,23,26-30H2,1-5H3,(H,39,43)(H,40,41)/b11-10-,14-13-. The molecule has 2 unspecified atom stereocenters. The zero-order chi connectivity index (χ0) is 33.7. The Morgan fingerprint density at radius 1 is 0.891 bits per heavy atom. The van der Waals surface area contributed by atoms with E-state index >= 15 is 0 Å². The number of rotatable bonds is 22. The second-order valence-corrected chi connectivity index (χ2v) is 13.4. The molecule has 8 heteroatoms. The molecule has 1 saturated heterocycles. The molecule has 0 aromatic heterocycles. The summed E-state index contributed by atoms with van der Waals surface area (Å²) in [6.45, 7) is 10.2. The zero-order valence-corrected chi connectivity index (χ0v) is 29.1. The first-order valence-corrected chi connectivity index (χ1v) is 17.4. The van der Waals surface area contributed by atoms with Crippen LogP contribution in [0.1, 0.15) is 130 Å². The van der Waals surface area contributed by atoms with Gasteiger partial charge < -0.3 is 24.8 Å². The topological polar surface area (TPSA) is 103 Å². The fraction of sp³-hybridized carbons (Fsp3) is 0.658. The number of amides is 2. The van der Waals surface area contributed by atoms with Crippen LogP contribution in [0.5, 0.6) is 0 Å². The summed E-state index contributed by atoms with van der Waals surface area (Å²) in [5.41, 5.74) is 0.377. The third-order valence-electron chi connectivity index (χ3n) is 8.07. The molecule has 1 aromatic carbocycles. The number of hydrogen-bond acceptors (Lipinski definition) is 6. The average Bonchev–Trinajstić information content (AvgIpc) is 3.02. The number of carbonyl (C=O) groups is 3. The molecule has 0 radical (unpaired) electrons. The fourth-order valence-electron chi connectivity index (χ4n) is 5.22. The van der Waals surface area contributed by atoms with Crippen LogP contribution in [-0.4, -0.2) is 49.4 Å². The van der Waals surface area contributed by atoms with Crippen LogP contribution in [0.25, 0.3) is 0 Å². The monoisotopic (exact) mass is 640 g/mol. The molecule has 46 heavy (non-hydrogen) atoms. The van der Waals surface area contributed by atoms with Gasteiger partial charge in [0.1, 0.15) is 12.7 Å². The molecule has 0 aliphatic carbocycles. The first-order valence-electron chi connectivity index (χ1n) is 17.4. The van der Waals surface area contributed by atoms with Crippen molar-refractivity contribution in [3.8, 4) is 0 Å². The Morgan fingerprint density at radius 3 is 2.24 bits per heavy atom. The van der Waals surface area contributed by atoms with Crippen LogP contribution in [0.3, 0.4) is 0 Å². The molecular weight excluding hydrogens is 580 g/mol. The molecule has 1 aliphatic rings. The van der Waals surface area contributed by atoms with Gasteiger partial charge >= 0.3 is 5.97 Å². The van der Waals surface area contributed by atoms with Gasteiger partial charge in [-0.25, -0.2) is 0 Å². The zero-order valence-electron chi connectivity index (χ0n) is 29.1. The lowest BCUT2D eigenvalue weighted by atomic mass is 9.85. The van der Waals surface area contributed by atoms with Crippen molar-refractivity contribution in [2.24, 2.45) is 5.41 Å². The second kappa shape index (κ2) is 21.8. The summed E-state index contributed by atoms with van der Waals surface area (Å²) >= 11 is 0. The van der Waals surface area contributed by atoms with Crippen LogP contribution < -0.4 is 10.6 Å². The molecule has 0 saturated carbocycles. The third kappa shape index (κ3) is 16.5. The molecule has 8 nitrogen and oxygen atoms in total. The van der Waals surface area contributed by atoms with Crippen molar-refractivity contribution in [3.63, 3.8) is 0 Å². The van der Waals surface area contributed by atoms with Crippen LogP contribution in [-0.2, 0) is 28.6 Å². The van der Waals surface area contributed by atoms with Crippen molar-refractivity contribution in [2.75, 3.05) is 19.8 Å². The number of hydrogen-bond donors (Lipinski definition) is 2. The van der Waals surface area contributed by atoms with Gasteiger partial charge in [-0.1, -0.05) is 108 Å². The molecule has 1 fully saturated rings. The molecule has 1 heterocycles.